The Kier molecular flexibility index (Phi) is 6.20. The van der Waals surface area contributed by atoms with Gasteiger partial charge in [0.1, 0.15) is 17.4 Å². The minimum absolute atomic E-state index is 0.000849. The first-order chi connectivity index (χ1) is 17.4. The van der Waals surface area contributed by atoms with E-state index in [9.17, 15) is 13.6 Å². The second-order valence-electron chi connectivity index (χ2n) is 8.27. The third-order valence-electron chi connectivity index (χ3n) is 6.07. The highest BCUT2D eigenvalue weighted by Gasteiger charge is 2.36. The summed E-state index contributed by atoms with van der Waals surface area (Å²) in [6.07, 6.45) is 0. The van der Waals surface area contributed by atoms with E-state index < -0.39 is 23.7 Å². The Morgan fingerprint density at radius 2 is 1.83 bits per heavy atom. The van der Waals surface area contributed by atoms with Crippen LogP contribution in [0, 0.1) is 11.6 Å². The van der Waals surface area contributed by atoms with Gasteiger partial charge in [0, 0.05) is 16.8 Å². The average molecular weight is 488 g/mol. The van der Waals surface area contributed by atoms with Crippen molar-refractivity contribution in [3.63, 3.8) is 0 Å². The molecule has 1 N–H and O–H groups in total. The molecule has 0 fully saturated rings. The highest BCUT2D eigenvalue weighted by molar-refractivity contribution is 5.86. The van der Waals surface area contributed by atoms with Crippen LogP contribution in [0.15, 0.2) is 83.0 Å². The molecule has 4 aromatic rings. The molecular formula is C27H22F2N4O3. The zero-order chi connectivity index (χ0) is 25.2. The molecule has 36 heavy (non-hydrogen) atoms. The van der Waals surface area contributed by atoms with Crippen LogP contribution in [0.2, 0.25) is 0 Å². The lowest BCUT2D eigenvalue weighted by Crippen LogP contribution is -2.45. The zero-order valence-corrected chi connectivity index (χ0v) is 19.5. The topological polar surface area (TPSA) is 80.5 Å². The van der Waals surface area contributed by atoms with Gasteiger partial charge in [0.25, 0.3) is 5.89 Å². The Labute approximate surface area is 206 Å². The molecule has 0 saturated carbocycles. The Balaban J connectivity index is 1.60. The summed E-state index contributed by atoms with van der Waals surface area (Å²) in [4.78, 5) is 19.2. The Hall–Kier alpha value is -4.53. The highest BCUT2D eigenvalue weighted by atomic mass is 19.1. The molecule has 9 heteroatoms. The van der Waals surface area contributed by atoms with Crippen molar-refractivity contribution in [2.75, 3.05) is 7.11 Å². The lowest BCUT2D eigenvalue weighted by atomic mass is 9.94. The van der Waals surface area contributed by atoms with Crippen molar-refractivity contribution in [2.24, 2.45) is 0 Å². The number of nitrogens with one attached hydrogen (secondary N) is 1. The predicted octanol–water partition coefficient (Wildman–Crippen LogP) is 5.72. The normalized spacial score (nSPS) is 15.7. The number of allylic oxidation sites excluding steroid dienone is 1. The quantitative estimate of drug-likeness (QED) is 0.375. The smallest absolute Gasteiger partial charge is 0.322 e. The molecule has 1 unspecified atom stereocenters. The molecule has 5 rings (SSSR count). The van der Waals surface area contributed by atoms with E-state index in [1.54, 1.807) is 56.5 Å². The molecule has 1 aromatic heterocycles. The number of amides is 2. The molecule has 7 nitrogen and oxygen atoms in total. The molecule has 1 atom stereocenters. The molecule has 1 aliphatic heterocycles. The van der Waals surface area contributed by atoms with E-state index in [1.165, 1.54) is 23.1 Å². The fraction of sp³-hybridized carbons (Fsp3) is 0.148. The van der Waals surface area contributed by atoms with Crippen LogP contribution in [-0.2, 0) is 6.54 Å². The van der Waals surface area contributed by atoms with Crippen LogP contribution in [0.3, 0.4) is 0 Å². The van der Waals surface area contributed by atoms with Gasteiger partial charge in [0.2, 0.25) is 5.82 Å². The number of halogens is 2. The summed E-state index contributed by atoms with van der Waals surface area (Å²) in [6.45, 7) is 1.74. The van der Waals surface area contributed by atoms with Crippen LogP contribution in [0.5, 0.6) is 5.75 Å². The number of hydrogen-bond acceptors (Lipinski definition) is 5. The van der Waals surface area contributed by atoms with Crippen molar-refractivity contribution in [1.82, 2.24) is 20.4 Å². The predicted molar refractivity (Wildman–Crippen MR) is 128 cm³/mol. The number of aromatic nitrogens is 2. The number of carbonyl (C=O) groups excluding carboxylic acids is 1. The number of benzene rings is 3. The van der Waals surface area contributed by atoms with Crippen LogP contribution < -0.4 is 10.1 Å². The first kappa shape index (κ1) is 23.2. The Morgan fingerprint density at radius 3 is 2.58 bits per heavy atom. The summed E-state index contributed by atoms with van der Waals surface area (Å²) in [5, 5.41) is 7.05. The maximum Gasteiger partial charge on any atom is 0.322 e. The van der Waals surface area contributed by atoms with Crippen molar-refractivity contribution in [1.29, 1.82) is 0 Å². The lowest BCUT2D eigenvalue weighted by Gasteiger charge is -2.35. The Morgan fingerprint density at radius 1 is 1.06 bits per heavy atom. The van der Waals surface area contributed by atoms with Crippen molar-refractivity contribution >= 4 is 11.6 Å². The van der Waals surface area contributed by atoms with Gasteiger partial charge in [-0.15, -0.1) is 0 Å². The summed E-state index contributed by atoms with van der Waals surface area (Å²) in [5.74, 6) is 0.332. The van der Waals surface area contributed by atoms with Crippen molar-refractivity contribution in [3.05, 3.63) is 107 Å². The van der Waals surface area contributed by atoms with Crippen LogP contribution in [0.1, 0.15) is 30.0 Å². The van der Waals surface area contributed by atoms with E-state index >= 15 is 0 Å². The molecule has 0 radical (unpaired) electrons. The largest absolute Gasteiger partial charge is 0.497 e. The minimum Gasteiger partial charge on any atom is -0.497 e. The number of hydrogen-bond donors (Lipinski definition) is 1. The molecule has 0 bridgehead atoms. The first-order valence-corrected chi connectivity index (χ1v) is 11.2. The third-order valence-corrected chi connectivity index (χ3v) is 6.07. The monoisotopic (exact) mass is 488 g/mol. The van der Waals surface area contributed by atoms with Gasteiger partial charge in [-0.1, -0.05) is 47.6 Å². The number of urea groups is 1. The number of carbonyl (C=O) groups is 1. The molecular weight excluding hydrogens is 466 g/mol. The van der Waals surface area contributed by atoms with Gasteiger partial charge in [-0.2, -0.15) is 4.98 Å². The van der Waals surface area contributed by atoms with E-state index in [1.807, 2.05) is 12.1 Å². The number of nitrogens with zero attached hydrogens (tertiary/aromatic N) is 3. The maximum absolute atomic E-state index is 14.4. The van der Waals surface area contributed by atoms with Gasteiger partial charge in [-0.25, -0.2) is 13.6 Å². The van der Waals surface area contributed by atoms with Gasteiger partial charge in [-0.3, -0.25) is 4.90 Å². The minimum atomic E-state index is -0.687. The lowest BCUT2D eigenvalue weighted by molar-refractivity contribution is 0.202. The second kappa shape index (κ2) is 9.61. The molecule has 2 heterocycles. The van der Waals surface area contributed by atoms with Crippen LogP contribution in [-0.4, -0.2) is 28.2 Å². The van der Waals surface area contributed by atoms with E-state index in [2.05, 4.69) is 15.5 Å². The third kappa shape index (κ3) is 4.43. The van der Waals surface area contributed by atoms with Crippen molar-refractivity contribution in [3.8, 4) is 17.1 Å². The van der Waals surface area contributed by atoms with Gasteiger partial charge < -0.3 is 14.6 Å². The van der Waals surface area contributed by atoms with Crippen LogP contribution in [0.25, 0.3) is 17.0 Å². The van der Waals surface area contributed by atoms with Gasteiger partial charge >= 0.3 is 6.03 Å². The van der Waals surface area contributed by atoms with Gasteiger partial charge in [0.05, 0.1) is 25.3 Å². The molecule has 2 amide bonds. The summed E-state index contributed by atoms with van der Waals surface area (Å²) >= 11 is 0. The molecule has 1 aliphatic rings. The molecule has 0 aliphatic carbocycles. The van der Waals surface area contributed by atoms with E-state index in [0.717, 1.165) is 0 Å². The van der Waals surface area contributed by atoms with Crippen LogP contribution >= 0.6 is 0 Å². The van der Waals surface area contributed by atoms with Crippen molar-refractivity contribution in [2.45, 2.75) is 19.5 Å². The summed E-state index contributed by atoms with van der Waals surface area (Å²) < 4.78 is 39.0. The van der Waals surface area contributed by atoms with E-state index in [0.29, 0.717) is 39.5 Å². The summed E-state index contributed by atoms with van der Waals surface area (Å²) in [5.41, 5.74) is 2.71. The van der Waals surface area contributed by atoms with Crippen molar-refractivity contribution < 1.29 is 22.8 Å². The average Bonchev–Trinajstić information content (AvgIpc) is 3.37. The number of rotatable bonds is 6. The van der Waals surface area contributed by atoms with E-state index in [-0.39, 0.29) is 12.4 Å². The second-order valence-corrected chi connectivity index (χ2v) is 8.27. The molecule has 3 aromatic carbocycles. The fourth-order valence-electron chi connectivity index (χ4n) is 4.16. The van der Waals surface area contributed by atoms with Crippen LogP contribution in [0.4, 0.5) is 13.6 Å². The number of ether oxygens (including phenoxy) is 1. The van der Waals surface area contributed by atoms with Gasteiger partial charge in [-0.05, 0) is 42.8 Å². The van der Waals surface area contributed by atoms with Gasteiger partial charge in [0.15, 0.2) is 0 Å². The summed E-state index contributed by atoms with van der Waals surface area (Å²) in [7, 11) is 1.57. The molecule has 0 spiro atoms. The Bertz CT molecular complexity index is 1450. The molecule has 0 saturated heterocycles. The number of methoxy groups -OCH3 is 1. The fourth-order valence-corrected chi connectivity index (χ4v) is 4.16. The zero-order valence-electron chi connectivity index (χ0n) is 19.5. The SMILES string of the molecule is COc1cccc(-c2noc(C3=C(C)N(Cc4ccccc4F)C(=O)NC3c3ccc(F)cc3)n2)c1. The summed E-state index contributed by atoms with van der Waals surface area (Å²) in [6, 6.07) is 18.2. The maximum atomic E-state index is 14.4. The standard InChI is InChI=1S/C27H22F2N4O3/c1-16-23(26-31-25(32-36-26)18-7-5-8-21(14-18)35-2)24(17-10-12-20(28)13-11-17)30-27(34)33(16)15-19-6-3-4-9-22(19)29/h3-14,24H,15H2,1-2H3,(H,30,34). The van der Waals surface area contributed by atoms with E-state index in [4.69, 9.17) is 9.26 Å². The highest BCUT2D eigenvalue weighted by Crippen LogP contribution is 2.38. The first-order valence-electron chi connectivity index (χ1n) is 11.2. The molecule has 182 valence electrons.